The normalized spacial score (nSPS) is 22.7. The van der Waals surface area contributed by atoms with Gasteiger partial charge in [0.25, 0.3) is 5.91 Å². The molecule has 1 aromatic rings. The number of rotatable bonds is 14. The number of halogens is 3. The fourth-order valence-electron chi connectivity index (χ4n) is 7.46. The predicted octanol–water partition coefficient (Wildman–Crippen LogP) is 3.31. The third kappa shape index (κ3) is 8.85. The van der Waals surface area contributed by atoms with Gasteiger partial charge in [-0.15, -0.1) is 6.58 Å². The number of benzene rings is 1. The maximum absolute atomic E-state index is 14.6. The van der Waals surface area contributed by atoms with E-state index in [-0.39, 0.29) is 48.3 Å². The molecule has 2 aliphatic carbocycles. The number of carbonyl (C=O) groups is 5. The molecule has 1 heterocycles. The van der Waals surface area contributed by atoms with Crippen LogP contribution in [0.4, 0.5) is 18.0 Å². The maximum atomic E-state index is 14.6. The summed E-state index contributed by atoms with van der Waals surface area (Å²) in [5.41, 5.74) is 1.36. The molecule has 3 unspecified atom stereocenters. The molecule has 0 aromatic heterocycles. The molecule has 4 N–H and O–H groups in total. The highest BCUT2D eigenvalue weighted by atomic mass is 19.4. The summed E-state index contributed by atoms with van der Waals surface area (Å²) in [5, 5.41) is 10.5. The molecule has 0 bridgehead atoms. The topological polar surface area (TPSA) is 146 Å². The number of nitrogens with one attached hydrogen (secondary N) is 4. The average molecular weight is 706 g/mol. The third-order valence-corrected chi connectivity index (χ3v) is 10.5. The van der Waals surface area contributed by atoms with Crippen LogP contribution in [0.25, 0.3) is 0 Å². The fraction of sp³-hybridized carbons (Fsp3) is 0.639. The van der Waals surface area contributed by atoms with E-state index in [2.05, 4.69) is 27.8 Å². The Hall–Kier alpha value is -3.94. The van der Waals surface area contributed by atoms with Gasteiger partial charge in [0, 0.05) is 26.6 Å². The van der Waals surface area contributed by atoms with Crippen LogP contribution in [0.15, 0.2) is 36.9 Å². The smallest absolute Gasteiger partial charge is 0.383 e. The maximum Gasteiger partial charge on any atom is 0.389 e. The average Bonchev–Trinajstić information content (AvgIpc) is 3.40. The Morgan fingerprint density at radius 2 is 1.66 bits per heavy atom. The molecule has 50 heavy (non-hydrogen) atoms. The molecule has 2 fully saturated rings. The van der Waals surface area contributed by atoms with Gasteiger partial charge in [0.2, 0.25) is 17.6 Å². The van der Waals surface area contributed by atoms with Gasteiger partial charge < -0.3 is 30.9 Å². The number of ether oxygens (including phenoxy) is 1. The van der Waals surface area contributed by atoms with E-state index in [0.29, 0.717) is 12.8 Å². The number of hydrogen-bond donors (Lipinski definition) is 4. The highest BCUT2D eigenvalue weighted by Gasteiger charge is 2.70. The van der Waals surface area contributed by atoms with E-state index in [1.807, 2.05) is 58.9 Å². The van der Waals surface area contributed by atoms with Gasteiger partial charge in [0.15, 0.2) is 0 Å². The second-order valence-corrected chi connectivity index (χ2v) is 15.4. The van der Waals surface area contributed by atoms with Gasteiger partial charge in [-0.05, 0) is 59.0 Å². The molecule has 1 aromatic carbocycles. The zero-order valence-electron chi connectivity index (χ0n) is 29.6. The SMILES string of the molecule is C=CCNC(=O)C(=O)C(CCC(F)(F)F)NC(=O)C1[C@@H]2[C@H](CN1C(=O)C(NC(=O)N[C@H](COC)C(C)(C)C)C1Cc3ccccc3C1)C2(C)C. The van der Waals surface area contributed by atoms with E-state index < -0.39 is 72.7 Å². The number of hydrogen-bond acceptors (Lipinski definition) is 6. The number of alkyl halides is 3. The van der Waals surface area contributed by atoms with Crippen molar-refractivity contribution in [1.29, 1.82) is 0 Å². The Morgan fingerprint density at radius 1 is 1.04 bits per heavy atom. The summed E-state index contributed by atoms with van der Waals surface area (Å²) >= 11 is 0. The van der Waals surface area contributed by atoms with Crippen molar-refractivity contribution >= 4 is 29.5 Å². The standard InChI is InChI=1S/C36H50F3N5O6/c1-8-15-40-31(47)29(45)24(13-14-36(37,38)39)41-30(46)28-26-23(35(26,5)6)18-44(28)32(48)27(22-16-20-11-9-10-12-21(20)17-22)43-33(49)42-25(19-50-7)34(2,3)4/h8-12,22-28H,1,13-19H2,2-7H3,(H,40,47)(H,41,46)(H2,42,43,49)/t23-,24?,25+,26-,27?,28?/m0/s1. The lowest BCUT2D eigenvalue weighted by atomic mass is 9.87. The third-order valence-electron chi connectivity index (χ3n) is 10.5. The summed E-state index contributed by atoms with van der Waals surface area (Å²) in [7, 11) is 1.53. The fourth-order valence-corrected chi connectivity index (χ4v) is 7.46. The minimum atomic E-state index is -4.65. The molecule has 0 radical (unpaired) electrons. The molecule has 1 aliphatic heterocycles. The Morgan fingerprint density at radius 3 is 2.20 bits per heavy atom. The number of likely N-dealkylation sites (tertiary alicyclic amines) is 1. The number of amides is 5. The van der Waals surface area contributed by atoms with E-state index >= 15 is 0 Å². The van der Waals surface area contributed by atoms with Gasteiger partial charge in [-0.2, -0.15) is 13.2 Å². The Labute approximate surface area is 291 Å². The van der Waals surface area contributed by atoms with Gasteiger partial charge in [-0.1, -0.05) is 65.0 Å². The highest BCUT2D eigenvalue weighted by molar-refractivity contribution is 6.38. The van der Waals surface area contributed by atoms with Crippen LogP contribution in [0.1, 0.15) is 58.6 Å². The Bertz CT molecular complexity index is 1450. The first kappa shape index (κ1) is 38.9. The monoisotopic (exact) mass is 705 g/mol. The second kappa shape index (κ2) is 15.1. The first-order valence-corrected chi connectivity index (χ1v) is 17.0. The van der Waals surface area contributed by atoms with Crippen molar-refractivity contribution in [2.45, 2.75) is 90.6 Å². The Balaban J connectivity index is 1.62. The summed E-state index contributed by atoms with van der Waals surface area (Å²) in [6.07, 6.45) is -4.59. The minimum Gasteiger partial charge on any atom is -0.383 e. The van der Waals surface area contributed by atoms with Gasteiger partial charge in [0.05, 0.1) is 18.7 Å². The van der Waals surface area contributed by atoms with Crippen molar-refractivity contribution in [2.75, 3.05) is 26.8 Å². The van der Waals surface area contributed by atoms with Crippen LogP contribution < -0.4 is 21.3 Å². The van der Waals surface area contributed by atoms with Crippen LogP contribution in [0, 0.1) is 28.6 Å². The van der Waals surface area contributed by atoms with Gasteiger partial charge in [-0.25, -0.2) is 4.79 Å². The van der Waals surface area contributed by atoms with Crippen molar-refractivity contribution in [3.05, 3.63) is 48.0 Å². The van der Waals surface area contributed by atoms with E-state index in [1.54, 1.807) is 0 Å². The van der Waals surface area contributed by atoms with Gasteiger partial charge in [0.1, 0.15) is 12.1 Å². The van der Waals surface area contributed by atoms with Crippen molar-refractivity contribution in [3.63, 3.8) is 0 Å². The van der Waals surface area contributed by atoms with Crippen LogP contribution in [-0.4, -0.2) is 91.6 Å². The molecule has 11 nitrogen and oxygen atoms in total. The van der Waals surface area contributed by atoms with Crippen molar-refractivity contribution in [2.24, 2.45) is 28.6 Å². The molecule has 276 valence electrons. The first-order valence-electron chi connectivity index (χ1n) is 17.0. The molecule has 4 rings (SSSR count). The lowest BCUT2D eigenvalue weighted by molar-refractivity contribution is -0.147. The number of Topliss-reactive ketones (excluding diaryl/α,β-unsaturated/α-hetero) is 1. The van der Waals surface area contributed by atoms with Crippen LogP contribution >= 0.6 is 0 Å². The molecular formula is C36H50F3N5O6. The summed E-state index contributed by atoms with van der Waals surface area (Å²) in [4.78, 5) is 69.0. The zero-order chi connectivity index (χ0) is 37.2. The number of carbonyl (C=O) groups excluding carboxylic acids is 5. The molecule has 1 saturated carbocycles. The van der Waals surface area contributed by atoms with Crippen LogP contribution in [-0.2, 0) is 36.8 Å². The number of piperidine rings is 1. The van der Waals surface area contributed by atoms with E-state index in [1.165, 1.54) is 18.1 Å². The molecule has 6 atom stereocenters. The number of fused-ring (bicyclic) bond motifs is 2. The summed E-state index contributed by atoms with van der Waals surface area (Å²) in [5.74, 6) is -4.48. The first-order chi connectivity index (χ1) is 23.3. The lowest BCUT2D eigenvalue weighted by Gasteiger charge is -2.36. The van der Waals surface area contributed by atoms with E-state index in [4.69, 9.17) is 4.74 Å². The van der Waals surface area contributed by atoms with Crippen molar-refractivity contribution in [3.8, 4) is 0 Å². The van der Waals surface area contributed by atoms with Crippen LogP contribution in [0.5, 0.6) is 0 Å². The molecular weight excluding hydrogens is 655 g/mol. The predicted molar refractivity (Wildman–Crippen MR) is 180 cm³/mol. The largest absolute Gasteiger partial charge is 0.389 e. The van der Waals surface area contributed by atoms with Crippen LogP contribution in [0.2, 0.25) is 0 Å². The van der Waals surface area contributed by atoms with Crippen LogP contribution in [0.3, 0.4) is 0 Å². The molecule has 5 amide bonds. The Kier molecular flexibility index (Phi) is 11.8. The van der Waals surface area contributed by atoms with Gasteiger partial charge >= 0.3 is 12.2 Å². The quantitative estimate of drug-likeness (QED) is 0.173. The number of methoxy groups -OCH3 is 1. The molecule has 0 spiro atoms. The highest BCUT2D eigenvalue weighted by Crippen LogP contribution is 2.65. The second-order valence-electron chi connectivity index (χ2n) is 15.4. The molecule has 14 heteroatoms. The lowest BCUT2D eigenvalue weighted by Crippen LogP contribution is -2.61. The summed E-state index contributed by atoms with van der Waals surface area (Å²) in [6, 6.07) is 2.83. The minimum absolute atomic E-state index is 0.0929. The molecule has 1 saturated heterocycles. The van der Waals surface area contributed by atoms with E-state index in [0.717, 1.165) is 11.1 Å². The van der Waals surface area contributed by atoms with E-state index in [9.17, 15) is 37.1 Å². The molecule has 3 aliphatic rings. The zero-order valence-corrected chi connectivity index (χ0v) is 29.6. The summed E-state index contributed by atoms with van der Waals surface area (Å²) < 4.78 is 45.1. The summed E-state index contributed by atoms with van der Waals surface area (Å²) in [6.45, 7) is 13.5. The van der Waals surface area contributed by atoms with Gasteiger partial charge in [-0.3, -0.25) is 19.2 Å². The van der Waals surface area contributed by atoms with Crippen molar-refractivity contribution in [1.82, 2.24) is 26.2 Å². The number of nitrogens with zero attached hydrogens (tertiary/aromatic N) is 1. The number of ketones is 1. The van der Waals surface area contributed by atoms with Crippen molar-refractivity contribution < 1.29 is 41.9 Å². The number of urea groups is 1.